The van der Waals surface area contributed by atoms with Gasteiger partial charge in [-0.2, -0.15) is 8.78 Å². The van der Waals surface area contributed by atoms with Crippen molar-refractivity contribution < 1.29 is 31.5 Å². The van der Waals surface area contributed by atoms with Crippen LogP contribution in [0.5, 0.6) is 0 Å². The Balaban J connectivity index is 1.65. The zero-order valence-electron chi connectivity index (χ0n) is 18.4. The minimum atomic E-state index is -4.81. The number of nitrogens with zero attached hydrogens (tertiary/aromatic N) is 3. The lowest BCUT2D eigenvalue weighted by Gasteiger charge is -2.37. The van der Waals surface area contributed by atoms with Gasteiger partial charge in [0.2, 0.25) is 0 Å². The highest BCUT2D eigenvalue weighted by molar-refractivity contribution is 7.89. The molecule has 2 heterocycles. The second kappa shape index (κ2) is 9.92. The summed E-state index contributed by atoms with van der Waals surface area (Å²) in [6.07, 6.45) is 5.97. The molecule has 180 valence electrons. The number of nitrogens with one attached hydrogen (secondary N) is 1. The van der Waals surface area contributed by atoms with E-state index in [1.807, 2.05) is 4.72 Å². The first-order chi connectivity index (χ1) is 15.1. The number of aromatic nitrogens is 2. The summed E-state index contributed by atoms with van der Waals surface area (Å²) in [6, 6.07) is -0.270. The van der Waals surface area contributed by atoms with Crippen molar-refractivity contribution in [3.05, 3.63) is 24.3 Å². The fourth-order valence-electron chi connectivity index (χ4n) is 4.63. The summed E-state index contributed by atoms with van der Waals surface area (Å²) in [4.78, 5) is 22.4. The molecule has 0 aromatic carbocycles. The summed E-state index contributed by atoms with van der Waals surface area (Å²) in [5.41, 5.74) is -0.156. The van der Waals surface area contributed by atoms with Crippen molar-refractivity contribution >= 4 is 16.1 Å². The van der Waals surface area contributed by atoms with E-state index in [1.54, 1.807) is 25.4 Å². The maximum absolute atomic E-state index is 12.9. The number of carbonyl (C=O) groups is 1. The number of hydrogen-bond acceptors (Lipinski definition) is 7. The predicted octanol–water partition coefficient (Wildman–Crippen LogP) is 2.43. The molecule has 1 N–H and O–H groups in total. The third kappa shape index (κ3) is 5.34. The maximum atomic E-state index is 12.9. The van der Waals surface area contributed by atoms with Gasteiger partial charge in [0.15, 0.2) is 0 Å². The Kier molecular flexibility index (Phi) is 7.66. The van der Waals surface area contributed by atoms with Crippen LogP contribution >= 0.6 is 0 Å². The van der Waals surface area contributed by atoms with Crippen LogP contribution in [0.1, 0.15) is 51.8 Å². The Morgan fingerprint density at radius 3 is 2.50 bits per heavy atom. The van der Waals surface area contributed by atoms with E-state index in [0.717, 1.165) is 31.5 Å². The molecule has 32 heavy (non-hydrogen) atoms. The molecule has 1 aromatic rings. The molecular formula is C20H30F2N4O5S. The van der Waals surface area contributed by atoms with E-state index in [1.165, 1.54) is 12.0 Å². The molecule has 1 amide bonds. The predicted molar refractivity (Wildman–Crippen MR) is 112 cm³/mol. The minimum Gasteiger partial charge on any atom is -0.453 e. The van der Waals surface area contributed by atoms with Gasteiger partial charge in [0, 0.05) is 29.9 Å². The molecule has 1 aliphatic heterocycles. The quantitative estimate of drug-likeness (QED) is 0.643. The van der Waals surface area contributed by atoms with Crippen LogP contribution in [-0.4, -0.2) is 73.1 Å². The molecule has 1 saturated heterocycles. The van der Waals surface area contributed by atoms with Crippen molar-refractivity contribution in [1.82, 2.24) is 19.6 Å². The monoisotopic (exact) mass is 476 g/mol. The summed E-state index contributed by atoms with van der Waals surface area (Å²) < 4.78 is 62.2. The number of ether oxygens (including phenoxy) is 2. The second-order valence-electron chi connectivity index (χ2n) is 8.73. The fourth-order valence-corrected chi connectivity index (χ4v) is 5.41. The number of rotatable bonds is 7. The number of halogens is 2. The van der Waals surface area contributed by atoms with Crippen LogP contribution in [0.3, 0.4) is 0 Å². The lowest BCUT2D eigenvalue weighted by molar-refractivity contribution is -0.0160. The highest BCUT2D eigenvalue weighted by Gasteiger charge is 2.46. The lowest BCUT2D eigenvalue weighted by Crippen LogP contribution is -2.51. The maximum Gasteiger partial charge on any atom is 0.410 e. The molecule has 2 fully saturated rings. The molecule has 0 unspecified atom stereocenters. The van der Waals surface area contributed by atoms with Crippen LogP contribution < -0.4 is 4.72 Å². The average molecular weight is 477 g/mol. The van der Waals surface area contributed by atoms with Crippen molar-refractivity contribution in [2.45, 2.75) is 81.4 Å². The molecule has 12 heteroatoms. The normalized spacial score (nSPS) is 31.1. The Morgan fingerprint density at radius 1 is 1.31 bits per heavy atom. The van der Waals surface area contributed by atoms with Crippen molar-refractivity contribution in [3.63, 3.8) is 0 Å². The van der Waals surface area contributed by atoms with Gasteiger partial charge in [0.1, 0.15) is 5.82 Å². The van der Waals surface area contributed by atoms with Crippen molar-refractivity contribution in [1.29, 1.82) is 0 Å². The van der Waals surface area contributed by atoms with Gasteiger partial charge >= 0.3 is 11.9 Å². The first-order valence-electron chi connectivity index (χ1n) is 10.6. The summed E-state index contributed by atoms with van der Waals surface area (Å²) >= 11 is 0. The van der Waals surface area contributed by atoms with Gasteiger partial charge in [-0.1, -0.05) is 6.92 Å². The van der Waals surface area contributed by atoms with E-state index >= 15 is 0 Å². The zero-order valence-corrected chi connectivity index (χ0v) is 19.2. The molecule has 1 saturated carbocycles. The van der Waals surface area contributed by atoms with E-state index in [9.17, 15) is 22.0 Å². The third-order valence-corrected chi connectivity index (χ3v) is 7.57. The standard InChI is InChI=1S/C20H30F2N4O5S/c1-13-11-15(25-32(28,29)18(21)22)16(26(13)19(27)30-3)12-31-14-5-7-20(2,8-6-14)17-23-9-4-10-24-17/h4,9-10,13-16,18,25H,5-8,11-12H2,1-3H3/t13-,14?,15+,16+,20?/m1/s1. The molecule has 1 aliphatic carbocycles. The number of likely N-dealkylation sites (tertiary alicyclic amines) is 1. The van der Waals surface area contributed by atoms with Gasteiger partial charge in [0.25, 0.3) is 10.0 Å². The number of amides is 1. The number of hydrogen-bond donors (Lipinski definition) is 1. The molecule has 9 nitrogen and oxygen atoms in total. The number of alkyl halides is 2. The van der Waals surface area contributed by atoms with Crippen molar-refractivity contribution in [3.8, 4) is 0 Å². The largest absolute Gasteiger partial charge is 0.453 e. The summed E-state index contributed by atoms with van der Waals surface area (Å²) in [5.74, 6) is -2.76. The molecule has 0 bridgehead atoms. The summed E-state index contributed by atoms with van der Waals surface area (Å²) in [7, 11) is -3.60. The highest BCUT2D eigenvalue weighted by Crippen LogP contribution is 2.38. The SMILES string of the molecule is COC(=O)N1[C@H](C)C[C@H](NS(=O)(=O)C(F)F)[C@@H]1COC1CCC(C)(c2ncccn2)CC1. The van der Waals surface area contributed by atoms with Gasteiger partial charge < -0.3 is 9.47 Å². The Bertz CT molecular complexity index is 881. The second-order valence-corrected chi connectivity index (χ2v) is 10.4. The van der Waals surface area contributed by atoms with Gasteiger partial charge in [-0.25, -0.2) is 27.9 Å². The van der Waals surface area contributed by atoms with Crippen molar-refractivity contribution in [2.75, 3.05) is 13.7 Å². The fraction of sp³-hybridized carbons (Fsp3) is 0.750. The number of methoxy groups -OCH3 is 1. The summed E-state index contributed by atoms with van der Waals surface area (Å²) in [6.45, 7) is 3.84. The van der Waals surface area contributed by atoms with Gasteiger partial charge in [-0.05, 0) is 45.1 Å². The van der Waals surface area contributed by atoms with Crippen LogP contribution in [-0.2, 0) is 24.9 Å². The van der Waals surface area contributed by atoms with Crippen LogP contribution in [0.15, 0.2) is 18.5 Å². The molecule has 3 rings (SSSR count). The van der Waals surface area contributed by atoms with Crippen LogP contribution in [0.4, 0.5) is 13.6 Å². The van der Waals surface area contributed by atoms with E-state index in [-0.39, 0.29) is 24.5 Å². The first-order valence-corrected chi connectivity index (χ1v) is 12.2. The molecule has 0 spiro atoms. The number of carbonyl (C=O) groups excluding carboxylic acids is 1. The molecule has 2 aliphatic rings. The van der Waals surface area contributed by atoms with E-state index in [0.29, 0.717) is 0 Å². The summed E-state index contributed by atoms with van der Waals surface area (Å²) in [5, 5.41) is 0. The van der Waals surface area contributed by atoms with Gasteiger partial charge in [-0.3, -0.25) is 4.90 Å². The molecule has 1 aromatic heterocycles. The van der Waals surface area contributed by atoms with Crippen LogP contribution in [0, 0.1) is 0 Å². The molecular weight excluding hydrogens is 446 g/mol. The Hall–Kier alpha value is -1.92. The molecule has 3 atom stereocenters. The van der Waals surface area contributed by atoms with Gasteiger partial charge in [0.05, 0.1) is 25.9 Å². The van der Waals surface area contributed by atoms with Crippen LogP contribution in [0.25, 0.3) is 0 Å². The third-order valence-electron chi connectivity index (χ3n) is 6.47. The number of sulfonamides is 1. The average Bonchev–Trinajstić information content (AvgIpc) is 3.07. The van der Waals surface area contributed by atoms with E-state index in [2.05, 4.69) is 16.9 Å². The zero-order chi connectivity index (χ0) is 23.5. The Morgan fingerprint density at radius 2 is 1.94 bits per heavy atom. The van der Waals surface area contributed by atoms with Crippen LogP contribution in [0.2, 0.25) is 0 Å². The topological polar surface area (TPSA) is 111 Å². The lowest BCUT2D eigenvalue weighted by atomic mass is 9.74. The molecule has 0 radical (unpaired) electrons. The van der Waals surface area contributed by atoms with Crippen molar-refractivity contribution in [2.24, 2.45) is 0 Å². The first kappa shape index (κ1) is 24.7. The Labute approximate surface area is 186 Å². The minimum absolute atomic E-state index is 0.0130. The highest BCUT2D eigenvalue weighted by atomic mass is 32.2. The van der Waals surface area contributed by atoms with Gasteiger partial charge in [-0.15, -0.1) is 0 Å². The van der Waals surface area contributed by atoms with E-state index in [4.69, 9.17) is 9.47 Å². The van der Waals surface area contributed by atoms with E-state index < -0.39 is 40.0 Å². The smallest absolute Gasteiger partial charge is 0.410 e.